The van der Waals surface area contributed by atoms with Crippen LogP contribution < -0.4 is 5.32 Å². The van der Waals surface area contributed by atoms with E-state index in [-0.39, 0.29) is 18.4 Å². The average molecular weight is 359 g/mol. The maximum Gasteiger partial charge on any atom is 0.317 e. The standard InChI is InChI=1S/C19H25N3O4/c1-13-3-5-14(6-4-13)12-20-18(26)22-9-7-19(8-10-22)15(17(24)25)11-16(23)21(19)2/h3-6,15H,7-12H2,1-2H3,(H,20,26)(H,24,25). The number of likely N-dealkylation sites (tertiary alicyclic amines) is 2. The molecule has 26 heavy (non-hydrogen) atoms. The molecule has 140 valence electrons. The number of piperidine rings is 1. The van der Waals surface area contributed by atoms with Gasteiger partial charge in [0.05, 0.1) is 11.5 Å². The molecule has 2 heterocycles. The second kappa shape index (κ2) is 6.97. The Hall–Kier alpha value is -2.57. The highest BCUT2D eigenvalue weighted by molar-refractivity contribution is 5.88. The van der Waals surface area contributed by atoms with Crippen molar-refractivity contribution < 1.29 is 19.5 Å². The Kier molecular flexibility index (Phi) is 4.89. The van der Waals surface area contributed by atoms with Gasteiger partial charge in [-0.25, -0.2) is 4.79 Å². The number of aryl methyl sites for hydroxylation is 1. The summed E-state index contributed by atoms with van der Waals surface area (Å²) in [6.07, 6.45) is 1.03. The number of amides is 3. The van der Waals surface area contributed by atoms with Crippen LogP contribution in [0.15, 0.2) is 24.3 Å². The van der Waals surface area contributed by atoms with Crippen molar-refractivity contribution in [3.05, 3.63) is 35.4 Å². The fourth-order valence-electron chi connectivity index (χ4n) is 4.08. The molecule has 2 saturated heterocycles. The number of nitrogens with zero attached hydrogens (tertiary/aromatic N) is 2. The fraction of sp³-hybridized carbons (Fsp3) is 0.526. The van der Waals surface area contributed by atoms with E-state index in [2.05, 4.69) is 5.32 Å². The third kappa shape index (κ3) is 3.25. The second-order valence-electron chi connectivity index (χ2n) is 7.28. The van der Waals surface area contributed by atoms with Gasteiger partial charge >= 0.3 is 12.0 Å². The Morgan fingerprint density at radius 3 is 2.42 bits per heavy atom. The van der Waals surface area contributed by atoms with Gasteiger partial charge in [-0.1, -0.05) is 29.8 Å². The second-order valence-corrected chi connectivity index (χ2v) is 7.28. The van der Waals surface area contributed by atoms with Gasteiger partial charge in [-0.05, 0) is 25.3 Å². The first-order valence-corrected chi connectivity index (χ1v) is 8.91. The minimum atomic E-state index is -0.931. The van der Waals surface area contributed by atoms with Crippen LogP contribution in [0.25, 0.3) is 0 Å². The molecule has 7 nitrogen and oxygen atoms in total. The Balaban J connectivity index is 1.59. The van der Waals surface area contributed by atoms with Gasteiger partial charge in [-0.2, -0.15) is 0 Å². The van der Waals surface area contributed by atoms with Crippen LogP contribution >= 0.6 is 0 Å². The van der Waals surface area contributed by atoms with E-state index in [1.165, 1.54) is 5.56 Å². The zero-order chi connectivity index (χ0) is 18.9. The Morgan fingerprint density at radius 1 is 1.23 bits per heavy atom. The number of carbonyl (C=O) groups excluding carboxylic acids is 2. The topological polar surface area (TPSA) is 90.0 Å². The number of aliphatic carboxylic acids is 1. The number of nitrogens with one attached hydrogen (secondary N) is 1. The molecule has 2 aliphatic heterocycles. The molecule has 2 N–H and O–H groups in total. The Labute approximate surface area is 153 Å². The monoisotopic (exact) mass is 359 g/mol. The van der Waals surface area contributed by atoms with Crippen molar-refractivity contribution in [3.63, 3.8) is 0 Å². The van der Waals surface area contributed by atoms with Crippen molar-refractivity contribution >= 4 is 17.9 Å². The van der Waals surface area contributed by atoms with E-state index in [9.17, 15) is 19.5 Å². The highest BCUT2D eigenvalue weighted by Gasteiger charge is 2.55. The molecule has 0 bridgehead atoms. The lowest BCUT2D eigenvalue weighted by Gasteiger charge is -2.45. The first-order valence-electron chi connectivity index (χ1n) is 8.91. The number of hydrogen-bond acceptors (Lipinski definition) is 3. The molecular weight excluding hydrogens is 334 g/mol. The van der Waals surface area contributed by atoms with Crippen molar-refractivity contribution in [1.29, 1.82) is 0 Å². The lowest BCUT2D eigenvalue weighted by molar-refractivity contribution is -0.145. The smallest absolute Gasteiger partial charge is 0.317 e. The van der Waals surface area contributed by atoms with Crippen molar-refractivity contribution in [3.8, 4) is 0 Å². The van der Waals surface area contributed by atoms with E-state index >= 15 is 0 Å². The summed E-state index contributed by atoms with van der Waals surface area (Å²) >= 11 is 0. The van der Waals surface area contributed by atoms with Crippen LogP contribution in [0.1, 0.15) is 30.4 Å². The van der Waals surface area contributed by atoms with Crippen LogP contribution in [-0.4, -0.2) is 58.5 Å². The van der Waals surface area contributed by atoms with E-state index in [4.69, 9.17) is 0 Å². The molecule has 2 fully saturated rings. The van der Waals surface area contributed by atoms with Gasteiger partial charge in [0.15, 0.2) is 0 Å². The van der Waals surface area contributed by atoms with Crippen molar-refractivity contribution in [2.75, 3.05) is 20.1 Å². The number of rotatable bonds is 3. The first-order chi connectivity index (χ1) is 12.3. The lowest BCUT2D eigenvalue weighted by Crippen LogP contribution is -2.58. The predicted octanol–water partition coefficient (Wildman–Crippen LogP) is 1.60. The van der Waals surface area contributed by atoms with Crippen LogP contribution in [0.5, 0.6) is 0 Å². The van der Waals surface area contributed by atoms with Gasteiger partial charge in [0.25, 0.3) is 0 Å². The summed E-state index contributed by atoms with van der Waals surface area (Å²) in [6, 6.07) is 7.82. The Morgan fingerprint density at radius 2 is 1.85 bits per heavy atom. The van der Waals surface area contributed by atoms with Gasteiger partial charge < -0.3 is 20.2 Å². The molecule has 0 aromatic heterocycles. The average Bonchev–Trinajstić information content (AvgIpc) is 2.87. The Bertz CT molecular complexity index is 708. The third-order valence-corrected chi connectivity index (χ3v) is 5.85. The predicted molar refractivity (Wildman–Crippen MR) is 95.5 cm³/mol. The molecule has 1 unspecified atom stereocenters. The summed E-state index contributed by atoms with van der Waals surface area (Å²) in [4.78, 5) is 39.3. The maximum atomic E-state index is 12.4. The van der Waals surface area contributed by atoms with Gasteiger partial charge in [-0.15, -0.1) is 0 Å². The fourth-order valence-corrected chi connectivity index (χ4v) is 4.08. The minimum Gasteiger partial charge on any atom is -0.481 e. The summed E-state index contributed by atoms with van der Waals surface area (Å²) < 4.78 is 0. The zero-order valence-corrected chi connectivity index (χ0v) is 15.2. The molecular formula is C19H25N3O4. The van der Waals surface area contributed by atoms with Gasteiger partial charge in [0.1, 0.15) is 0 Å². The van der Waals surface area contributed by atoms with Crippen LogP contribution in [0.4, 0.5) is 4.79 Å². The molecule has 0 aliphatic carbocycles. The third-order valence-electron chi connectivity index (χ3n) is 5.85. The maximum absolute atomic E-state index is 12.4. The normalized spacial score (nSPS) is 21.9. The minimum absolute atomic E-state index is 0.0471. The molecule has 7 heteroatoms. The number of urea groups is 1. The molecule has 1 spiro atoms. The number of carboxylic acids is 1. The number of carbonyl (C=O) groups is 3. The molecule has 1 atom stereocenters. The molecule has 1 aromatic rings. The van der Waals surface area contributed by atoms with E-state index in [1.807, 2.05) is 31.2 Å². The SMILES string of the molecule is Cc1ccc(CNC(=O)N2CCC3(CC2)C(C(=O)O)CC(=O)N3C)cc1. The number of hydrogen-bond donors (Lipinski definition) is 2. The highest BCUT2D eigenvalue weighted by Crippen LogP contribution is 2.42. The van der Waals surface area contributed by atoms with Crippen molar-refractivity contribution in [1.82, 2.24) is 15.1 Å². The lowest BCUT2D eigenvalue weighted by atomic mass is 9.77. The molecule has 2 aliphatic rings. The summed E-state index contributed by atoms with van der Waals surface area (Å²) in [5.41, 5.74) is 1.53. The van der Waals surface area contributed by atoms with Gasteiger partial charge in [-0.3, -0.25) is 9.59 Å². The van der Waals surface area contributed by atoms with Crippen LogP contribution in [0.2, 0.25) is 0 Å². The highest BCUT2D eigenvalue weighted by atomic mass is 16.4. The summed E-state index contributed by atoms with van der Waals surface area (Å²) in [5, 5.41) is 12.4. The van der Waals surface area contributed by atoms with Crippen molar-refractivity contribution in [2.45, 2.75) is 38.3 Å². The summed E-state index contributed by atoms with van der Waals surface area (Å²) in [5.74, 6) is -1.76. The van der Waals surface area contributed by atoms with Crippen LogP contribution in [0, 0.1) is 12.8 Å². The van der Waals surface area contributed by atoms with E-state index in [0.29, 0.717) is 32.5 Å². The van der Waals surface area contributed by atoms with Crippen LogP contribution in [0.3, 0.4) is 0 Å². The summed E-state index contributed by atoms with van der Waals surface area (Å²) in [7, 11) is 1.68. The van der Waals surface area contributed by atoms with Gasteiger partial charge in [0, 0.05) is 33.1 Å². The molecule has 0 saturated carbocycles. The van der Waals surface area contributed by atoms with Gasteiger partial charge in [0.2, 0.25) is 5.91 Å². The molecule has 3 rings (SSSR count). The summed E-state index contributed by atoms with van der Waals surface area (Å²) in [6.45, 7) is 3.36. The van der Waals surface area contributed by atoms with E-state index < -0.39 is 17.4 Å². The van der Waals surface area contributed by atoms with Crippen molar-refractivity contribution in [2.24, 2.45) is 5.92 Å². The quantitative estimate of drug-likeness (QED) is 0.858. The zero-order valence-electron chi connectivity index (χ0n) is 15.2. The number of benzene rings is 1. The van der Waals surface area contributed by atoms with E-state index in [1.54, 1.807) is 16.8 Å². The first kappa shape index (κ1) is 18.2. The largest absolute Gasteiger partial charge is 0.481 e. The van der Waals surface area contributed by atoms with E-state index in [0.717, 1.165) is 5.56 Å². The molecule has 3 amide bonds. The number of carboxylic acid groups (broad SMARTS) is 1. The molecule has 1 aromatic carbocycles. The van der Waals surface area contributed by atoms with Crippen LogP contribution in [-0.2, 0) is 16.1 Å². The molecule has 0 radical (unpaired) electrons.